The molecule has 1 unspecified atom stereocenters. The molecule has 0 fully saturated rings. The molecule has 208 valence electrons. The molecule has 3 aromatic rings. The second-order valence-electron chi connectivity index (χ2n) is 8.02. The minimum atomic E-state index is -5.15. The number of nitrogens with one attached hydrogen (secondary N) is 1. The second-order valence-corrected chi connectivity index (χ2v) is 9.60. The topological polar surface area (TPSA) is 54.9 Å². The lowest BCUT2D eigenvalue weighted by atomic mass is 9.95. The molecule has 0 saturated carbocycles. The molecule has 39 heavy (non-hydrogen) atoms. The lowest BCUT2D eigenvalue weighted by Gasteiger charge is -2.19. The fourth-order valence-electron chi connectivity index (χ4n) is 3.41. The highest BCUT2D eigenvalue weighted by Crippen LogP contribution is 2.42. The molecule has 0 amide bonds. The number of rotatable bonds is 7. The largest absolute Gasteiger partial charge is 0.417 e. The van der Waals surface area contributed by atoms with Gasteiger partial charge in [0.25, 0.3) is 0 Å². The van der Waals surface area contributed by atoms with Crippen molar-refractivity contribution in [1.29, 1.82) is 0 Å². The molecular weight excluding hydrogens is 621 g/mol. The van der Waals surface area contributed by atoms with Crippen molar-refractivity contribution >= 4 is 64.0 Å². The van der Waals surface area contributed by atoms with E-state index in [1.54, 1.807) is 6.92 Å². The van der Waals surface area contributed by atoms with E-state index in [2.05, 4.69) is 15.3 Å². The highest BCUT2D eigenvalue weighted by atomic mass is 35.5. The number of nitrogens with zero attached hydrogens (tertiary/aromatic N) is 2. The van der Waals surface area contributed by atoms with Gasteiger partial charge in [-0.05, 0) is 42.8 Å². The summed E-state index contributed by atoms with van der Waals surface area (Å²) in [7, 11) is 0. The minimum Gasteiger partial charge on any atom is -0.347 e. The lowest BCUT2D eigenvalue weighted by Crippen LogP contribution is -2.21. The Labute approximate surface area is 236 Å². The molecule has 2 aromatic carbocycles. The Hall–Kier alpha value is -2.60. The third-order valence-electron chi connectivity index (χ3n) is 5.16. The number of ketones is 1. The maximum Gasteiger partial charge on any atom is 0.417 e. The third kappa shape index (κ3) is 7.75. The van der Waals surface area contributed by atoms with Crippen LogP contribution in [-0.4, -0.2) is 28.5 Å². The smallest absolute Gasteiger partial charge is 0.347 e. The van der Waals surface area contributed by atoms with E-state index in [1.165, 1.54) is 6.07 Å². The molecule has 4 nitrogen and oxygen atoms in total. The Balaban J connectivity index is 1.98. The first-order valence-electron chi connectivity index (χ1n) is 10.6. The Bertz CT molecular complexity index is 1400. The maximum atomic E-state index is 15.0. The number of allylic oxidation sites excluding steroid dienone is 1. The van der Waals surface area contributed by atoms with Crippen LogP contribution in [0.2, 0.25) is 20.2 Å². The van der Waals surface area contributed by atoms with E-state index >= 15 is 4.39 Å². The average molecular weight is 635 g/mol. The molecule has 0 radical (unpaired) electrons. The van der Waals surface area contributed by atoms with Crippen LogP contribution in [0.3, 0.4) is 0 Å². The van der Waals surface area contributed by atoms with Crippen molar-refractivity contribution < 1.29 is 35.5 Å². The van der Waals surface area contributed by atoms with E-state index in [4.69, 9.17) is 46.4 Å². The van der Waals surface area contributed by atoms with E-state index < -0.39 is 58.7 Å². The van der Waals surface area contributed by atoms with Crippen LogP contribution in [0, 0.1) is 6.92 Å². The second kappa shape index (κ2) is 11.9. The van der Waals surface area contributed by atoms with E-state index in [9.17, 15) is 31.1 Å². The summed E-state index contributed by atoms with van der Waals surface area (Å²) in [5, 5.41) is 1.58. The van der Waals surface area contributed by atoms with Crippen LogP contribution in [0.5, 0.6) is 0 Å². The van der Waals surface area contributed by atoms with Gasteiger partial charge in [-0.3, -0.25) is 4.79 Å². The first kappa shape index (κ1) is 30.9. The molecule has 1 atom stereocenters. The predicted octanol–water partition coefficient (Wildman–Crippen LogP) is 9.37. The van der Waals surface area contributed by atoms with Crippen LogP contribution in [0.1, 0.15) is 38.7 Å². The number of aromatic nitrogens is 2. The van der Waals surface area contributed by atoms with Crippen molar-refractivity contribution in [3.63, 3.8) is 0 Å². The summed E-state index contributed by atoms with van der Waals surface area (Å²) >= 11 is 23.1. The van der Waals surface area contributed by atoms with Gasteiger partial charge in [-0.2, -0.15) is 26.3 Å². The molecule has 1 aromatic heterocycles. The van der Waals surface area contributed by atoms with Gasteiger partial charge in [0.05, 0.1) is 27.2 Å². The Morgan fingerprint density at radius 3 is 2.13 bits per heavy atom. The SMILES string of the molecule is Cc1cc(Cl)nc(NCC(=O)c2ccc(/C(F)=C/C(c3cc(Cl)c(Cl)c(Cl)c3)C(F)(F)F)cc2C(F)(F)F)n1. The Morgan fingerprint density at radius 2 is 1.59 bits per heavy atom. The number of benzene rings is 2. The molecule has 0 aliphatic rings. The number of anilines is 1. The molecule has 15 heteroatoms. The third-order valence-corrected chi connectivity index (χ3v) is 6.55. The number of hydrogen-bond donors (Lipinski definition) is 1. The standard InChI is InChI=1S/C24H14Cl4F7N3O/c1-10-4-20(27)38-22(37-10)36-9-19(39)13-3-2-11(5-15(13)24(33,34)35)18(29)8-14(23(30,31)32)12-6-16(25)21(28)17(26)7-12/h2-8,14H,9H2,1H3,(H,36,37,38)/b18-8-. The van der Waals surface area contributed by atoms with Crippen molar-refractivity contribution in [3.05, 3.63) is 90.6 Å². The molecule has 3 rings (SSSR count). The fourth-order valence-corrected chi connectivity index (χ4v) is 4.26. The van der Waals surface area contributed by atoms with Crippen LogP contribution >= 0.6 is 46.4 Å². The molecule has 0 bridgehead atoms. The molecule has 1 heterocycles. The van der Waals surface area contributed by atoms with Crippen molar-refractivity contribution in [3.8, 4) is 0 Å². The van der Waals surface area contributed by atoms with Gasteiger partial charge in [0, 0.05) is 16.8 Å². The number of halogens is 11. The Morgan fingerprint density at radius 1 is 0.974 bits per heavy atom. The van der Waals surface area contributed by atoms with Crippen LogP contribution in [-0.2, 0) is 6.18 Å². The summed E-state index contributed by atoms with van der Waals surface area (Å²) < 4.78 is 97.7. The molecule has 0 saturated heterocycles. The van der Waals surface area contributed by atoms with Crippen LogP contribution in [0.15, 0.2) is 42.5 Å². The van der Waals surface area contributed by atoms with E-state index in [-0.39, 0.29) is 38.3 Å². The highest BCUT2D eigenvalue weighted by Gasteiger charge is 2.41. The Kier molecular flexibility index (Phi) is 9.42. The van der Waals surface area contributed by atoms with Crippen LogP contribution in [0.25, 0.3) is 5.83 Å². The van der Waals surface area contributed by atoms with Gasteiger partial charge < -0.3 is 5.32 Å². The number of hydrogen-bond acceptors (Lipinski definition) is 4. The van der Waals surface area contributed by atoms with E-state index in [0.717, 1.165) is 18.2 Å². The van der Waals surface area contributed by atoms with Crippen molar-refractivity contribution in [2.75, 3.05) is 11.9 Å². The van der Waals surface area contributed by atoms with Gasteiger partial charge in [-0.1, -0.05) is 58.5 Å². The normalized spacial score (nSPS) is 13.4. The minimum absolute atomic E-state index is 0.0281. The molecule has 0 aliphatic heterocycles. The summed E-state index contributed by atoms with van der Waals surface area (Å²) in [4.78, 5) is 20.3. The summed E-state index contributed by atoms with van der Waals surface area (Å²) in [6.45, 7) is 0.886. The van der Waals surface area contributed by atoms with Crippen molar-refractivity contribution in [1.82, 2.24) is 9.97 Å². The number of aryl methyl sites for hydroxylation is 1. The zero-order valence-electron chi connectivity index (χ0n) is 19.3. The number of carbonyl (C=O) groups excluding carboxylic acids is 1. The summed E-state index contributed by atoms with van der Waals surface area (Å²) in [6.07, 6.45) is -10.1. The van der Waals surface area contributed by atoms with E-state index in [0.29, 0.717) is 11.8 Å². The number of carbonyl (C=O) groups is 1. The maximum absolute atomic E-state index is 15.0. The predicted molar refractivity (Wildman–Crippen MR) is 135 cm³/mol. The van der Waals surface area contributed by atoms with Crippen molar-refractivity contribution in [2.45, 2.75) is 25.2 Å². The van der Waals surface area contributed by atoms with Gasteiger partial charge >= 0.3 is 12.4 Å². The van der Waals surface area contributed by atoms with Gasteiger partial charge in [0.2, 0.25) is 5.95 Å². The van der Waals surface area contributed by atoms with Crippen LogP contribution < -0.4 is 5.32 Å². The molecule has 0 spiro atoms. The van der Waals surface area contributed by atoms with Gasteiger partial charge in [-0.15, -0.1) is 0 Å². The quantitative estimate of drug-likeness (QED) is 0.122. The number of alkyl halides is 6. The van der Waals surface area contributed by atoms with Gasteiger partial charge in [0.15, 0.2) is 5.78 Å². The molecule has 1 N–H and O–H groups in total. The fraction of sp³-hybridized carbons (Fsp3) is 0.208. The lowest BCUT2D eigenvalue weighted by molar-refractivity contribution is -0.140. The highest BCUT2D eigenvalue weighted by molar-refractivity contribution is 6.48. The first-order valence-corrected chi connectivity index (χ1v) is 12.1. The summed E-state index contributed by atoms with van der Waals surface area (Å²) in [5.74, 6) is -5.46. The average Bonchev–Trinajstić information content (AvgIpc) is 2.81. The summed E-state index contributed by atoms with van der Waals surface area (Å²) in [5.41, 5.74) is -3.42. The monoisotopic (exact) mass is 633 g/mol. The van der Waals surface area contributed by atoms with Crippen LogP contribution in [0.4, 0.5) is 36.7 Å². The molecular formula is C24H14Cl4F7N3O. The number of Topliss-reactive ketones (excluding diaryl/α,β-unsaturated/α-hetero) is 1. The summed E-state index contributed by atoms with van der Waals surface area (Å²) in [6, 6.07) is 4.71. The van der Waals surface area contributed by atoms with E-state index in [1.807, 2.05) is 0 Å². The molecule has 0 aliphatic carbocycles. The van der Waals surface area contributed by atoms with Gasteiger partial charge in [-0.25, -0.2) is 14.4 Å². The first-order chi connectivity index (χ1) is 18.0. The zero-order chi connectivity index (χ0) is 29.3. The van der Waals surface area contributed by atoms with Crippen molar-refractivity contribution in [2.24, 2.45) is 0 Å². The zero-order valence-corrected chi connectivity index (χ0v) is 22.3. The van der Waals surface area contributed by atoms with Gasteiger partial charge in [0.1, 0.15) is 16.9 Å².